The molecule has 0 saturated carbocycles. The van der Waals surface area contributed by atoms with Gasteiger partial charge in [-0.3, -0.25) is 19.2 Å². The van der Waals surface area contributed by atoms with Crippen LogP contribution in [0.4, 0.5) is 11.4 Å². The Balaban J connectivity index is 2.13. The van der Waals surface area contributed by atoms with Crippen LogP contribution in [-0.4, -0.2) is 69.3 Å². The lowest BCUT2D eigenvalue weighted by Gasteiger charge is -2.24. The number of anilines is 2. The van der Waals surface area contributed by atoms with Crippen LogP contribution in [0.1, 0.15) is 66.9 Å². The van der Waals surface area contributed by atoms with E-state index in [2.05, 4.69) is 10.6 Å². The number of benzene rings is 3. The van der Waals surface area contributed by atoms with Crippen molar-refractivity contribution in [2.45, 2.75) is 54.4 Å². The van der Waals surface area contributed by atoms with Gasteiger partial charge in [0.15, 0.2) is 0 Å². The molecule has 2 amide bonds. The van der Waals surface area contributed by atoms with E-state index < -0.39 is 18.2 Å². The van der Waals surface area contributed by atoms with Gasteiger partial charge in [-0.15, -0.1) is 0 Å². The Morgan fingerprint density at radius 2 is 1.02 bits per heavy atom. The van der Waals surface area contributed by atoms with Gasteiger partial charge in [-0.05, 0) is 74.9 Å². The van der Waals surface area contributed by atoms with Gasteiger partial charge in [0.1, 0.15) is 0 Å². The molecule has 0 aliphatic heterocycles. The number of aryl methyl sites for hydroxylation is 4. The molecule has 3 aromatic rings. The van der Waals surface area contributed by atoms with Gasteiger partial charge in [0.2, 0.25) is 30.0 Å². The van der Waals surface area contributed by atoms with Gasteiger partial charge in [0, 0.05) is 63.7 Å². The van der Waals surface area contributed by atoms with Crippen molar-refractivity contribution in [3.63, 3.8) is 0 Å². The second-order valence-electron chi connectivity index (χ2n) is 11.6. The van der Waals surface area contributed by atoms with Crippen LogP contribution in [0.2, 0.25) is 0 Å². The topological polar surface area (TPSA) is 150 Å². The van der Waals surface area contributed by atoms with E-state index in [1.54, 1.807) is 58.0 Å². The van der Waals surface area contributed by atoms with Crippen LogP contribution in [0, 0.1) is 41.5 Å². The number of nitrogens with one attached hydrogen (secondary N) is 2. The highest BCUT2D eigenvalue weighted by molar-refractivity contribution is 8.01. The number of carbonyl (C=O) groups excluding carboxylic acids is 4. The maximum absolute atomic E-state index is 15.3. The maximum atomic E-state index is 15.3. The molecule has 3 rings (SSSR count). The van der Waals surface area contributed by atoms with Crippen molar-refractivity contribution in [3.05, 3.63) is 87.0 Å². The van der Waals surface area contributed by atoms with E-state index in [9.17, 15) is 19.2 Å². The summed E-state index contributed by atoms with van der Waals surface area (Å²) in [6.45, 7) is 10.5. The first-order valence-corrected chi connectivity index (χ1v) is 19.7. The molecule has 0 saturated heterocycles. The Bertz CT molecular complexity index is 1620. The summed E-state index contributed by atoms with van der Waals surface area (Å²) in [6, 6.07) is 11.5. The summed E-state index contributed by atoms with van der Waals surface area (Å²) in [5.74, 6) is 1.55. The third-order valence-electron chi connectivity index (χ3n) is 8.01. The van der Waals surface area contributed by atoms with E-state index >= 15 is 4.57 Å². The molecule has 0 spiro atoms. The average molecular weight is 713 g/mol. The molecule has 48 heavy (non-hydrogen) atoms. The second-order valence-corrected chi connectivity index (χ2v) is 16.6. The summed E-state index contributed by atoms with van der Waals surface area (Å²) in [6.07, 6.45) is 0.405. The minimum Gasteiger partial charge on any atom is -0.396 e. The number of hydrogen-bond donors (Lipinski definition) is 4. The largest absolute Gasteiger partial charge is 0.396 e. The fraction of sp³-hybridized carbons (Fsp3) is 0.389. The van der Waals surface area contributed by atoms with Crippen LogP contribution in [0.15, 0.2) is 42.5 Å². The number of aliphatic hydroxyl groups is 2. The zero-order valence-electron chi connectivity index (χ0n) is 28.4. The lowest BCUT2D eigenvalue weighted by molar-refractivity contribution is -0.116. The van der Waals surface area contributed by atoms with E-state index in [4.69, 9.17) is 10.2 Å². The number of aliphatic hydroxyl groups excluding tert-OH is 2. The monoisotopic (exact) mass is 712 g/mol. The highest BCUT2D eigenvalue weighted by Gasteiger charge is 2.45. The maximum Gasteiger partial charge on any atom is 0.248 e. The predicted molar refractivity (Wildman–Crippen MR) is 199 cm³/mol. The van der Waals surface area contributed by atoms with Gasteiger partial charge >= 0.3 is 0 Å². The SMILES string of the molecule is Cc1cc(C)c(C(=O)P(=O)(C(=O)c2c(C)cc(C)c(NC(=O)CCSCCO)c2C)c2ccccc2)c(C)c1NC(=O)CCSCCO. The van der Waals surface area contributed by atoms with Crippen molar-refractivity contribution in [3.8, 4) is 0 Å². The molecule has 0 atom stereocenters. The summed E-state index contributed by atoms with van der Waals surface area (Å²) in [4.78, 5) is 55.1. The van der Waals surface area contributed by atoms with Crippen molar-refractivity contribution in [2.24, 2.45) is 0 Å². The Labute approximate surface area is 291 Å². The van der Waals surface area contributed by atoms with Gasteiger partial charge in [-0.2, -0.15) is 23.5 Å². The predicted octanol–water partition coefficient (Wildman–Crippen LogP) is 6.31. The zero-order valence-corrected chi connectivity index (χ0v) is 30.9. The molecular formula is C36H45N2O7PS2. The van der Waals surface area contributed by atoms with Gasteiger partial charge in [-0.25, -0.2) is 0 Å². The molecule has 258 valence electrons. The van der Waals surface area contributed by atoms with Crippen molar-refractivity contribution in [1.82, 2.24) is 0 Å². The molecule has 4 N–H and O–H groups in total. The molecule has 0 bridgehead atoms. The van der Waals surface area contributed by atoms with E-state index in [-0.39, 0.29) is 54.3 Å². The van der Waals surface area contributed by atoms with Gasteiger partial charge in [0.25, 0.3) is 0 Å². The average Bonchev–Trinajstić information content (AvgIpc) is 3.05. The number of hydrogen-bond acceptors (Lipinski definition) is 9. The Morgan fingerprint density at radius 1 is 0.625 bits per heavy atom. The summed E-state index contributed by atoms with van der Waals surface area (Å²) >= 11 is 2.91. The van der Waals surface area contributed by atoms with Gasteiger partial charge in [0.05, 0.1) is 13.2 Å². The summed E-state index contributed by atoms with van der Waals surface area (Å²) in [7, 11) is -4.55. The summed E-state index contributed by atoms with van der Waals surface area (Å²) in [5, 5.41) is 23.9. The zero-order chi connectivity index (χ0) is 35.6. The lowest BCUT2D eigenvalue weighted by atomic mass is 9.97. The summed E-state index contributed by atoms with van der Waals surface area (Å²) in [5.41, 5.74) is 2.77. The number of carbonyl (C=O) groups is 4. The van der Waals surface area contributed by atoms with Crippen molar-refractivity contribution in [2.75, 3.05) is 46.9 Å². The first kappa shape index (κ1) is 39.2. The van der Waals surface area contributed by atoms with E-state index in [1.807, 2.05) is 13.8 Å². The van der Waals surface area contributed by atoms with E-state index in [1.165, 1.54) is 35.7 Å². The van der Waals surface area contributed by atoms with Crippen molar-refractivity contribution in [1.29, 1.82) is 0 Å². The van der Waals surface area contributed by atoms with E-state index in [0.29, 0.717) is 56.6 Å². The van der Waals surface area contributed by atoms with Crippen LogP contribution in [0.5, 0.6) is 0 Å². The lowest BCUT2D eigenvalue weighted by Crippen LogP contribution is -2.24. The fourth-order valence-electron chi connectivity index (χ4n) is 5.76. The smallest absolute Gasteiger partial charge is 0.248 e. The number of rotatable bonds is 17. The second kappa shape index (κ2) is 18.0. The normalized spacial score (nSPS) is 11.3. The molecule has 3 aromatic carbocycles. The van der Waals surface area contributed by atoms with Crippen LogP contribution in [0.25, 0.3) is 0 Å². The quantitative estimate of drug-likeness (QED) is 0.0933. The van der Waals surface area contributed by atoms with E-state index in [0.717, 1.165) is 11.1 Å². The van der Waals surface area contributed by atoms with Gasteiger partial charge in [-0.1, -0.05) is 42.5 Å². The minimum atomic E-state index is -4.55. The van der Waals surface area contributed by atoms with Crippen LogP contribution in [-0.2, 0) is 14.2 Å². The standard InChI is InChI=1S/C36H45N2O7PS2/c1-22-20-24(3)33(37-29(41)12-16-47-18-14-39)26(5)31(22)35(43)46(45,28-10-8-7-9-11-28)36(44)32-23(2)21-25(4)34(27(32)6)38-30(42)13-17-48-19-15-40/h7-11,20-21,39-40H,12-19H2,1-6H3,(H,37,41)(H,38,42). The Morgan fingerprint density at radius 3 is 1.40 bits per heavy atom. The van der Waals surface area contributed by atoms with Crippen LogP contribution < -0.4 is 15.9 Å². The highest BCUT2D eigenvalue weighted by Crippen LogP contribution is 2.53. The molecule has 0 aliphatic carbocycles. The third-order valence-corrected chi connectivity index (χ3v) is 12.6. The fourth-order valence-corrected chi connectivity index (χ4v) is 9.65. The highest BCUT2D eigenvalue weighted by atomic mass is 32.2. The molecule has 0 heterocycles. The summed E-state index contributed by atoms with van der Waals surface area (Å²) < 4.78 is 15.3. The molecule has 0 aliphatic rings. The van der Waals surface area contributed by atoms with Crippen LogP contribution >= 0.6 is 30.7 Å². The van der Waals surface area contributed by atoms with Gasteiger partial charge < -0.3 is 25.4 Å². The number of thioether (sulfide) groups is 2. The first-order chi connectivity index (χ1) is 22.8. The van der Waals surface area contributed by atoms with Crippen molar-refractivity contribution >= 4 is 70.2 Å². The third kappa shape index (κ3) is 9.07. The minimum absolute atomic E-state index is 0.0249. The molecule has 0 fully saturated rings. The molecule has 9 nitrogen and oxygen atoms in total. The first-order valence-electron chi connectivity index (χ1n) is 15.7. The Hall–Kier alpha value is -3.21. The molecule has 0 unspecified atom stereocenters. The molecular weight excluding hydrogens is 668 g/mol. The molecule has 0 aromatic heterocycles. The molecule has 0 radical (unpaired) electrons. The molecule has 12 heteroatoms. The Kier molecular flexibility index (Phi) is 14.7. The van der Waals surface area contributed by atoms with Crippen LogP contribution in [0.3, 0.4) is 0 Å². The van der Waals surface area contributed by atoms with Crippen molar-refractivity contribution < 1.29 is 34.0 Å². The number of amides is 2.